The number of morpholine rings is 1. The molecule has 5 rings (SSSR count). The van der Waals surface area contributed by atoms with Crippen molar-refractivity contribution in [2.75, 3.05) is 31.2 Å². The maximum absolute atomic E-state index is 13.4. The molecule has 5 nitrogen and oxygen atoms in total. The molecule has 0 atom stereocenters. The number of nitrogens with zero attached hydrogens (tertiary/aromatic N) is 3. The predicted molar refractivity (Wildman–Crippen MR) is 113 cm³/mol. The maximum atomic E-state index is 13.4. The molecule has 29 heavy (non-hydrogen) atoms. The molecule has 0 amide bonds. The molecular weight excluding hydrogens is 362 g/mol. The van der Waals surface area contributed by atoms with E-state index in [0.717, 1.165) is 48.4 Å². The summed E-state index contributed by atoms with van der Waals surface area (Å²) in [6, 6.07) is 23.4. The Balaban J connectivity index is 1.59. The van der Waals surface area contributed by atoms with E-state index in [0.29, 0.717) is 16.8 Å². The number of nitriles is 1. The Morgan fingerprint density at radius 1 is 0.931 bits per heavy atom. The second kappa shape index (κ2) is 7.08. The monoisotopic (exact) mass is 381 g/mol. The quantitative estimate of drug-likeness (QED) is 0.503. The number of carbonyl (C=O) groups excluding carboxylic acids is 1. The van der Waals surface area contributed by atoms with Crippen LogP contribution >= 0.6 is 0 Å². The van der Waals surface area contributed by atoms with Crippen molar-refractivity contribution in [1.29, 1.82) is 5.26 Å². The summed E-state index contributed by atoms with van der Waals surface area (Å²) in [6.07, 6.45) is 0. The van der Waals surface area contributed by atoms with Crippen LogP contribution in [0.4, 0.5) is 5.69 Å². The number of hydrogen-bond acceptors (Lipinski definition) is 4. The highest BCUT2D eigenvalue weighted by Crippen LogP contribution is 2.26. The molecule has 0 aliphatic carbocycles. The predicted octanol–water partition coefficient (Wildman–Crippen LogP) is 4.03. The summed E-state index contributed by atoms with van der Waals surface area (Å²) in [6.45, 7) is 3.16. The summed E-state index contributed by atoms with van der Waals surface area (Å²) in [4.78, 5) is 15.6. The Morgan fingerprint density at radius 3 is 2.45 bits per heavy atom. The van der Waals surface area contributed by atoms with Crippen LogP contribution in [0.25, 0.3) is 16.4 Å². The number of fused-ring (bicyclic) bond motifs is 3. The molecule has 2 aromatic heterocycles. The third-order valence-electron chi connectivity index (χ3n) is 5.50. The number of anilines is 1. The first-order valence-corrected chi connectivity index (χ1v) is 9.67. The number of pyridine rings is 1. The summed E-state index contributed by atoms with van der Waals surface area (Å²) in [5, 5.41) is 10.6. The van der Waals surface area contributed by atoms with Crippen LogP contribution < -0.4 is 4.90 Å². The number of aromatic nitrogens is 1. The van der Waals surface area contributed by atoms with E-state index in [1.807, 2.05) is 65.1 Å². The van der Waals surface area contributed by atoms with E-state index in [-0.39, 0.29) is 5.78 Å². The van der Waals surface area contributed by atoms with Crippen LogP contribution in [0.2, 0.25) is 0 Å². The van der Waals surface area contributed by atoms with Gasteiger partial charge in [-0.05, 0) is 47.9 Å². The highest BCUT2D eigenvalue weighted by Gasteiger charge is 2.19. The van der Waals surface area contributed by atoms with Gasteiger partial charge in [-0.15, -0.1) is 0 Å². The first-order chi connectivity index (χ1) is 14.3. The highest BCUT2D eigenvalue weighted by atomic mass is 16.5. The maximum Gasteiger partial charge on any atom is 0.209 e. The van der Waals surface area contributed by atoms with Crippen molar-refractivity contribution < 1.29 is 9.53 Å². The van der Waals surface area contributed by atoms with Crippen LogP contribution in [-0.4, -0.2) is 36.5 Å². The molecule has 3 heterocycles. The molecule has 0 N–H and O–H groups in total. The van der Waals surface area contributed by atoms with E-state index in [1.54, 1.807) is 6.07 Å². The van der Waals surface area contributed by atoms with Crippen LogP contribution in [0.3, 0.4) is 0 Å². The van der Waals surface area contributed by atoms with Crippen molar-refractivity contribution in [3.63, 3.8) is 0 Å². The van der Waals surface area contributed by atoms with E-state index < -0.39 is 0 Å². The number of ether oxygens (including phenoxy) is 1. The number of ketones is 1. The lowest BCUT2D eigenvalue weighted by Gasteiger charge is -2.28. The number of hydrogen-bond donors (Lipinski definition) is 0. The standard InChI is InChI=1S/C24H19N3O2/c25-16-19-15-23(27-21-4-2-1-3-17(21)7-10-22(19)27)24(28)18-5-8-20(9-6-18)26-11-13-29-14-12-26/h1-10,15H,11-14H2. The summed E-state index contributed by atoms with van der Waals surface area (Å²) >= 11 is 0. The fourth-order valence-electron chi connectivity index (χ4n) is 4.00. The first kappa shape index (κ1) is 17.5. The van der Waals surface area contributed by atoms with Gasteiger partial charge in [0.25, 0.3) is 0 Å². The van der Waals surface area contributed by atoms with Crippen LogP contribution in [0, 0.1) is 11.3 Å². The second-order valence-electron chi connectivity index (χ2n) is 7.14. The molecule has 4 aromatic rings. The minimum Gasteiger partial charge on any atom is -0.378 e. The lowest BCUT2D eigenvalue weighted by molar-refractivity contribution is 0.103. The minimum absolute atomic E-state index is 0.0913. The smallest absolute Gasteiger partial charge is 0.209 e. The minimum atomic E-state index is -0.0913. The molecule has 2 aromatic carbocycles. The van der Waals surface area contributed by atoms with Gasteiger partial charge in [0.1, 0.15) is 6.07 Å². The van der Waals surface area contributed by atoms with Crippen molar-refractivity contribution >= 4 is 27.9 Å². The van der Waals surface area contributed by atoms with Crippen molar-refractivity contribution in [2.45, 2.75) is 0 Å². The largest absolute Gasteiger partial charge is 0.378 e. The zero-order valence-corrected chi connectivity index (χ0v) is 15.8. The SMILES string of the molecule is N#Cc1cc(C(=O)c2ccc(N3CCOCC3)cc2)n2c1ccc1ccccc12. The van der Waals surface area contributed by atoms with Gasteiger partial charge in [0.2, 0.25) is 5.78 Å². The first-order valence-electron chi connectivity index (χ1n) is 9.67. The zero-order chi connectivity index (χ0) is 19.8. The third kappa shape index (κ3) is 2.95. The summed E-state index contributed by atoms with van der Waals surface area (Å²) in [7, 11) is 0. The van der Waals surface area contributed by atoms with Gasteiger partial charge in [0, 0.05) is 24.3 Å². The van der Waals surface area contributed by atoms with Crippen LogP contribution in [0.5, 0.6) is 0 Å². The van der Waals surface area contributed by atoms with Crippen molar-refractivity contribution in [1.82, 2.24) is 4.40 Å². The van der Waals surface area contributed by atoms with E-state index in [1.165, 1.54) is 0 Å². The second-order valence-corrected chi connectivity index (χ2v) is 7.14. The molecule has 0 radical (unpaired) electrons. The normalized spacial score (nSPS) is 14.2. The molecule has 0 spiro atoms. The summed E-state index contributed by atoms with van der Waals surface area (Å²) in [5.74, 6) is -0.0913. The van der Waals surface area contributed by atoms with Crippen LogP contribution in [0.1, 0.15) is 21.6 Å². The Kier molecular flexibility index (Phi) is 4.27. The molecule has 142 valence electrons. The van der Waals surface area contributed by atoms with Gasteiger partial charge in [0.15, 0.2) is 0 Å². The van der Waals surface area contributed by atoms with Crippen LogP contribution in [0.15, 0.2) is 66.7 Å². The molecule has 0 bridgehead atoms. The molecule has 0 saturated carbocycles. The van der Waals surface area contributed by atoms with Gasteiger partial charge >= 0.3 is 0 Å². The van der Waals surface area contributed by atoms with Gasteiger partial charge in [-0.3, -0.25) is 4.79 Å². The fraction of sp³-hybridized carbons (Fsp3) is 0.167. The van der Waals surface area contributed by atoms with Crippen molar-refractivity contribution in [2.24, 2.45) is 0 Å². The van der Waals surface area contributed by atoms with E-state index in [2.05, 4.69) is 11.0 Å². The molecule has 1 aliphatic rings. The number of rotatable bonds is 3. The Bertz CT molecular complexity index is 1260. The van der Waals surface area contributed by atoms with Gasteiger partial charge in [-0.25, -0.2) is 0 Å². The van der Waals surface area contributed by atoms with Crippen molar-refractivity contribution in [3.05, 3.63) is 83.6 Å². The van der Waals surface area contributed by atoms with E-state index >= 15 is 0 Å². The average Bonchev–Trinajstić information content (AvgIpc) is 3.18. The van der Waals surface area contributed by atoms with E-state index in [9.17, 15) is 10.1 Å². The number of carbonyl (C=O) groups is 1. The van der Waals surface area contributed by atoms with Gasteiger partial charge in [0.05, 0.1) is 35.5 Å². The molecule has 1 fully saturated rings. The Hall–Kier alpha value is -3.62. The fourth-order valence-corrected chi connectivity index (χ4v) is 4.00. The van der Waals surface area contributed by atoms with Crippen LogP contribution in [-0.2, 0) is 4.74 Å². The Morgan fingerprint density at radius 2 is 1.69 bits per heavy atom. The zero-order valence-electron chi connectivity index (χ0n) is 15.8. The number of benzene rings is 2. The third-order valence-corrected chi connectivity index (χ3v) is 5.50. The lowest BCUT2D eigenvalue weighted by atomic mass is 10.1. The van der Waals surface area contributed by atoms with Gasteiger partial charge in [-0.2, -0.15) is 5.26 Å². The van der Waals surface area contributed by atoms with Crippen molar-refractivity contribution in [3.8, 4) is 6.07 Å². The number of para-hydroxylation sites is 1. The topological polar surface area (TPSA) is 57.7 Å². The van der Waals surface area contributed by atoms with E-state index in [4.69, 9.17) is 4.74 Å². The molecule has 1 aliphatic heterocycles. The highest BCUT2D eigenvalue weighted by molar-refractivity contribution is 6.10. The van der Waals surface area contributed by atoms with Gasteiger partial charge in [-0.1, -0.05) is 24.3 Å². The lowest BCUT2D eigenvalue weighted by Crippen LogP contribution is -2.36. The summed E-state index contributed by atoms with van der Waals surface area (Å²) < 4.78 is 7.30. The molecular formula is C24H19N3O2. The molecule has 1 saturated heterocycles. The summed E-state index contributed by atoms with van der Waals surface area (Å²) in [5.41, 5.74) is 4.38. The molecule has 5 heteroatoms. The molecule has 0 unspecified atom stereocenters. The average molecular weight is 381 g/mol. The van der Waals surface area contributed by atoms with Gasteiger partial charge < -0.3 is 14.0 Å². The Labute approximate surface area is 168 Å².